The summed E-state index contributed by atoms with van der Waals surface area (Å²) in [6.45, 7) is 1.45. The first-order valence-corrected chi connectivity index (χ1v) is 4.37. The van der Waals surface area contributed by atoms with Gasteiger partial charge in [0, 0.05) is 5.92 Å². The second kappa shape index (κ2) is 3.09. The van der Waals surface area contributed by atoms with E-state index >= 15 is 0 Å². The highest BCUT2D eigenvalue weighted by atomic mass is 16.7. The average Bonchev–Trinajstić information content (AvgIpc) is 2.75. The highest BCUT2D eigenvalue weighted by Crippen LogP contribution is 2.37. The average molecular weight is 157 g/mol. The number of hydrogen-bond donors (Lipinski definition) is 1. The molecule has 1 aliphatic carbocycles. The van der Waals surface area contributed by atoms with E-state index < -0.39 is 0 Å². The third kappa shape index (κ3) is 1.72. The van der Waals surface area contributed by atoms with Crippen molar-refractivity contribution in [2.24, 2.45) is 11.7 Å². The van der Waals surface area contributed by atoms with E-state index in [1.807, 2.05) is 0 Å². The molecule has 0 bridgehead atoms. The van der Waals surface area contributed by atoms with Gasteiger partial charge in [0.15, 0.2) is 6.29 Å². The van der Waals surface area contributed by atoms with Crippen LogP contribution >= 0.6 is 0 Å². The predicted octanol–water partition coefficient (Wildman–Crippen LogP) is 0.487. The number of hydrogen-bond acceptors (Lipinski definition) is 3. The minimum atomic E-state index is 0.103. The van der Waals surface area contributed by atoms with Gasteiger partial charge in [-0.15, -0.1) is 0 Å². The van der Waals surface area contributed by atoms with Gasteiger partial charge in [0.2, 0.25) is 0 Å². The molecule has 2 fully saturated rings. The summed E-state index contributed by atoms with van der Waals surface area (Å²) in [7, 11) is 0. The Labute approximate surface area is 66.8 Å². The van der Waals surface area contributed by atoms with E-state index in [-0.39, 0.29) is 12.4 Å². The van der Waals surface area contributed by atoms with Crippen molar-refractivity contribution in [3.8, 4) is 0 Å². The van der Waals surface area contributed by atoms with Crippen molar-refractivity contribution in [3.05, 3.63) is 0 Å². The molecule has 2 rings (SSSR count). The van der Waals surface area contributed by atoms with Gasteiger partial charge in [-0.05, 0) is 25.8 Å². The maximum Gasteiger partial charge on any atom is 0.160 e. The maximum atomic E-state index is 5.62. The SMILES string of the molecule is NCCC1COC(C2CC2)O1. The Balaban J connectivity index is 1.74. The third-order valence-corrected chi connectivity index (χ3v) is 2.27. The molecule has 64 valence electrons. The molecule has 1 heterocycles. The molecule has 2 N–H and O–H groups in total. The first kappa shape index (κ1) is 7.53. The van der Waals surface area contributed by atoms with Gasteiger partial charge in [-0.3, -0.25) is 0 Å². The Morgan fingerprint density at radius 2 is 2.18 bits per heavy atom. The van der Waals surface area contributed by atoms with Gasteiger partial charge in [0.25, 0.3) is 0 Å². The minimum absolute atomic E-state index is 0.103. The smallest absolute Gasteiger partial charge is 0.160 e. The molecular weight excluding hydrogens is 142 g/mol. The second-order valence-electron chi connectivity index (χ2n) is 3.37. The third-order valence-electron chi connectivity index (χ3n) is 2.27. The van der Waals surface area contributed by atoms with Gasteiger partial charge >= 0.3 is 0 Å². The first-order valence-electron chi connectivity index (χ1n) is 4.37. The molecule has 3 heteroatoms. The van der Waals surface area contributed by atoms with Gasteiger partial charge < -0.3 is 15.2 Å². The summed E-state index contributed by atoms with van der Waals surface area (Å²) in [4.78, 5) is 0. The molecule has 11 heavy (non-hydrogen) atoms. The Hall–Kier alpha value is -0.120. The van der Waals surface area contributed by atoms with Gasteiger partial charge in [0.1, 0.15) is 0 Å². The quantitative estimate of drug-likeness (QED) is 0.648. The van der Waals surface area contributed by atoms with Crippen LogP contribution in [-0.4, -0.2) is 25.5 Å². The lowest BCUT2D eigenvalue weighted by Gasteiger charge is -2.08. The Kier molecular flexibility index (Phi) is 2.11. The Bertz CT molecular complexity index is 136. The fourth-order valence-electron chi connectivity index (χ4n) is 1.42. The van der Waals surface area contributed by atoms with Crippen LogP contribution in [0.1, 0.15) is 19.3 Å². The lowest BCUT2D eigenvalue weighted by atomic mass is 10.3. The van der Waals surface area contributed by atoms with Crippen molar-refractivity contribution in [3.63, 3.8) is 0 Å². The molecular formula is C8H15NO2. The molecule has 0 amide bonds. The summed E-state index contributed by atoms with van der Waals surface area (Å²) in [6.07, 6.45) is 3.86. The fourth-order valence-corrected chi connectivity index (χ4v) is 1.42. The van der Waals surface area contributed by atoms with Crippen molar-refractivity contribution in [2.75, 3.05) is 13.2 Å². The first-order chi connectivity index (χ1) is 5.40. The topological polar surface area (TPSA) is 44.5 Å². The zero-order valence-electron chi connectivity index (χ0n) is 6.66. The predicted molar refractivity (Wildman–Crippen MR) is 41.0 cm³/mol. The molecule has 0 aromatic rings. The van der Waals surface area contributed by atoms with Crippen LogP contribution in [-0.2, 0) is 9.47 Å². The van der Waals surface area contributed by atoms with E-state index in [0.717, 1.165) is 13.0 Å². The van der Waals surface area contributed by atoms with Gasteiger partial charge in [-0.25, -0.2) is 0 Å². The van der Waals surface area contributed by atoms with Crippen LogP contribution < -0.4 is 5.73 Å². The Morgan fingerprint density at radius 1 is 1.36 bits per heavy atom. The Morgan fingerprint density at radius 3 is 2.82 bits per heavy atom. The summed E-state index contributed by atoms with van der Waals surface area (Å²) in [6, 6.07) is 0. The largest absolute Gasteiger partial charge is 0.350 e. The molecule has 0 aromatic carbocycles. The van der Waals surface area contributed by atoms with Crippen LogP contribution in [0.25, 0.3) is 0 Å². The normalized spacial score (nSPS) is 37.9. The molecule has 0 spiro atoms. The molecule has 1 saturated carbocycles. The van der Waals surface area contributed by atoms with Crippen molar-refractivity contribution in [2.45, 2.75) is 31.7 Å². The van der Waals surface area contributed by atoms with Crippen LogP contribution in [0.2, 0.25) is 0 Å². The van der Waals surface area contributed by atoms with Crippen molar-refractivity contribution in [1.29, 1.82) is 0 Å². The number of rotatable bonds is 3. The molecule has 1 aliphatic heterocycles. The zero-order chi connectivity index (χ0) is 7.68. The van der Waals surface area contributed by atoms with Crippen LogP contribution in [0, 0.1) is 5.92 Å². The molecule has 2 aliphatic rings. The summed E-state index contributed by atoms with van der Waals surface area (Å²) in [5.74, 6) is 0.692. The lowest BCUT2D eigenvalue weighted by Crippen LogP contribution is -2.17. The highest BCUT2D eigenvalue weighted by Gasteiger charge is 2.38. The van der Waals surface area contributed by atoms with Crippen LogP contribution in [0.3, 0.4) is 0 Å². The molecule has 2 atom stereocenters. The lowest BCUT2D eigenvalue weighted by molar-refractivity contribution is -0.0725. The zero-order valence-corrected chi connectivity index (χ0v) is 6.66. The van der Waals surface area contributed by atoms with Crippen molar-refractivity contribution < 1.29 is 9.47 Å². The number of ether oxygens (including phenoxy) is 2. The standard InChI is InChI=1S/C8H15NO2/c9-4-3-7-5-10-8(11-7)6-1-2-6/h6-8H,1-5,9H2. The molecule has 0 radical (unpaired) electrons. The molecule has 1 saturated heterocycles. The fraction of sp³-hybridized carbons (Fsp3) is 1.00. The highest BCUT2D eigenvalue weighted by molar-refractivity contribution is 4.80. The van der Waals surface area contributed by atoms with Crippen molar-refractivity contribution >= 4 is 0 Å². The van der Waals surface area contributed by atoms with E-state index in [2.05, 4.69) is 0 Å². The van der Waals surface area contributed by atoms with E-state index in [4.69, 9.17) is 15.2 Å². The maximum absolute atomic E-state index is 5.62. The van der Waals surface area contributed by atoms with Crippen LogP contribution in [0.15, 0.2) is 0 Å². The van der Waals surface area contributed by atoms with Gasteiger partial charge in [-0.1, -0.05) is 0 Å². The second-order valence-corrected chi connectivity index (χ2v) is 3.37. The minimum Gasteiger partial charge on any atom is -0.350 e. The summed E-state index contributed by atoms with van der Waals surface area (Å²) >= 11 is 0. The van der Waals surface area contributed by atoms with Crippen molar-refractivity contribution in [1.82, 2.24) is 0 Å². The van der Waals surface area contributed by atoms with Gasteiger partial charge in [-0.2, -0.15) is 0 Å². The van der Waals surface area contributed by atoms with E-state index in [0.29, 0.717) is 12.5 Å². The monoisotopic (exact) mass is 157 g/mol. The van der Waals surface area contributed by atoms with E-state index in [1.165, 1.54) is 12.8 Å². The summed E-state index contributed by atoms with van der Waals surface area (Å²) in [5, 5.41) is 0. The van der Waals surface area contributed by atoms with Crippen LogP contribution in [0.4, 0.5) is 0 Å². The molecule has 0 aromatic heterocycles. The van der Waals surface area contributed by atoms with E-state index in [1.54, 1.807) is 0 Å². The molecule has 2 unspecified atom stereocenters. The van der Waals surface area contributed by atoms with Gasteiger partial charge in [0.05, 0.1) is 12.7 Å². The molecule has 3 nitrogen and oxygen atoms in total. The summed E-state index contributed by atoms with van der Waals surface area (Å²) in [5.41, 5.74) is 5.41. The van der Waals surface area contributed by atoms with Crippen LogP contribution in [0.5, 0.6) is 0 Å². The number of nitrogens with two attached hydrogens (primary N) is 1. The summed E-state index contributed by atoms with van der Waals surface area (Å²) < 4.78 is 11.1. The van der Waals surface area contributed by atoms with E-state index in [9.17, 15) is 0 Å².